The lowest BCUT2D eigenvalue weighted by atomic mass is 10.1. The number of fused-ring (bicyclic) bond motifs is 1. The van der Waals surface area contributed by atoms with Crippen LogP contribution >= 0.6 is 0 Å². The van der Waals surface area contributed by atoms with Crippen LogP contribution in [0.3, 0.4) is 0 Å². The van der Waals surface area contributed by atoms with E-state index < -0.39 is 0 Å². The summed E-state index contributed by atoms with van der Waals surface area (Å²) in [5.74, 6) is 0. The fourth-order valence-corrected chi connectivity index (χ4v) is 3.43. The minimum absolute atomic E-state index is 0.227. The highest BCUT2D eigenvalue weighted by Gasteiger charge is 2.24. The van der Waals surface area contributed by atoms with Crippen molar-refractivity contribution in [2.45, 2.75) is 31.7 Å². The van der Waals surface area contributed by atoms with Crippen molar-refractivity contribution in [1.29, 1.82) is 10.7 Å². The number of H-pyrrole nitrogens is 1. The molecule has 0 spiro atoms. The van der Waals surface area contributed by atoms with Crippen LogP contribution in [0.2, 0.25) is 0 Å². The second kappa shape index (κ2) is 6.13. The lowest BCUT2D eigenvalue weighted by molar-refractivity contribution is 0.535. The summed E-state index contributed by atoms with van der Waals surface area (Å²) in [5.41, 5.74) is 2.23. The van der Waals surface area contributed by atoms with Crippen LogP contribution in [0.5, 0.6) is 0 Å². The van der Waals surface area contributed by atoms with Crippen LogP contribution in [0.1, 0.15) is 42.9 Å². The first-order chi connectivity index (χ1) is 11.2. The Balaban J connectivity index is 2.38. The van der Waals surface area contributed by atoms with Gasteiger partial charge < -0.3 is 20.3 Å². The zero-order chi connectivity index (χ0) is 16.4. The van der Waals surface area contributed by atoms with E-state index in [1.165, 1.54) is 12.4 Å². The van der Waals surface area contributed by atoms with Crippen LogP contribution < -0.4 is 10.9 Å². The molecule has 0 aromatic carbocycles. The van der Waals surface area contributed by atoms with Crippen molar-refractivity contribution in [1.82, 2.24) is 14.9 Å². The molecule has 1 fully saturated rings. The highest BCUT2D eigenvalue weighted by Crippen LogP contribution is 2.35. The molecule has 2 heterocycles. The minimum Gasteiger partial charge on any atom is -0.393 e. The number of rotatable bonds is 4. The second-order valence-corrected chi connectivity index (χ2v) is 5.79. The van der Waals surface area contributed by atoms with Gasteiger partial charge in [0.2, 0.25) is 0 Å². The van der Waals surface area contributed by atoms with Gasteiger partial charge in [0.25, 0.3) is 5.56 Å². The summed E-state index contributed by atoms with van der Waals surface area (Å²) < 4.78 is 2.07. The molecule has 23 heavy (non-hydrogen) atoms. The van der Waals surface area contributed by atoms with E-state index in [1.807, 2.05) is 6.20 Å². The number of hydrogen-bond acceptors (Lipinski definition) is 4. The molecule has 6 nitrogen and oxygen atoms in total. The van der Waals surface area contributed by atoms with Crippen molar-refractivity contribution in [2.24, 2.45) is 0 Å². The summed E-state index contributed by atoms with van der Waals surface area (Å²) in [4.78, 5) is 15.1. The molecular formula is C17H19N5O. The third-order valence-corrected chi connectivity index (χ3v) is 4.47. The summed E-state index contributed by atoms with van der Waals surface area (Å²) in [6, 6.07) is 2.49. The van der Waals surface area contributed by atoms with Gasteiger partial charge in [0, 0.05) is 49.0 Å². The van der Waals surface area contributed by atoms with E-state index in [4.69, 9.17) is 5.41 Å². The predicted molar refractivity (Wildman–Crippen MR) is 90.6 cm³/mol. The van der Waals surface area contributed by atoms with E-state index in [1.54, 1.807) is 13.2 Å². The first kappa shape index (κ1) is 15.1. The first-order valence-corrected chi connectivity index (χ1v) is 7.75. The van der Waals surface area contributed by atoms with Crippen LogP contribution in [0.15, 0.2) is 23.4 Å². The summed E-state index contributed by atoms with van der Waals surface area (Å²) in [6.07, 6.45) is 10.7. The summed E-state index contributed by atoms with van der Waals surface area (Å²) in [5, 5.41) is 20.5. The third-order valence-electron chi connectivity index (χ3n) is 4.47. The molecule has 3 rings (SSSR count). The number of hydrogen-bond donors (Lipinski definition) is 3. The molecule has 0 bridgehead atoms. The van der Waals surface area contributed by atoms with Crippen LogP contribution in [0, 0.1) is 16.7 Å². The number of allylic oxidation sites excluding steroid dienone is 1. The summed E-state index contributed by atoms with van der Waals surface area (Å²) in [7, 11) is 1.75. The van der Waals surface area contributed by atoms with Gasteiger partial charge in [-0.1, -0.05) is 12.8 Å². The number of nitrogens with one attached hydrogen (secondary N) is 3. The molecular weight excluding hydrogens is 290 g/mol. The zero-order valence-electron chi connectivity index (χ0n) is 13.0. The number of aromatic nitrogens is 2. The van der Waals surface area contributed by atoms with E-state index in [-0.39, 0.29) is 5.56 Å². The van der Waals surface area contributed by atoms with Crippen LogP contribution in [0.4, 0.5) is 0 Å². The maximum absolute atomic E-state index is 12.4. The zero-order valence-corrected chi connectivity index (χ0v) is 13.0. The molecule has 3 N–H and O–H groups in total. The molecule has 0 aliphatic heterocycles. The van der Waals surface area contributed by atoms with E-state index >= 15 is 0 Å². The van der Waals surface area contributed by atoms with Gasteiger partial charge >= 0.3 is 0 Å². The Morgan fingerprint density at radius 2 is 2.26 bits per heavy atom. The van der Waals surface area contributed by atoms with Gasteiger partial charge in [-0.05, 0) is 12.8 Å². The fourth-order valence-electron chi connectivity index (χ4n) is 3.43. The molecule has 0 atom stereocenters. The SMILES string of the molecule is CN/C=C(\C=N)c1cn(C2CCCC2)c2c(C#N)c[nH]c(=O)c12. The van der Waals surface area contributed by atoms with Gasteiger partial charge in [0.15, 0.2) is 0 Å². The third kappa shape index (κ3) is 2.44. The quantitative estimate of drug-likeness (QED) is 0.757. The maximum Gasteiger partial charge on any atom is 0.258 e. The van der Waals surface area contributed by atoms with E-state index in [0.29, 0.717) is 33.6 Å². The van der Waals surface area contributed by atoms with Crippen molar-refractivity contribution in [3.05, 3.63) is 40.1 Å². The minimum atomic E-state index is -0.227. The lowest BCUT2D eigenvalue weighted by Crippen LogP contribution is -2.10. The standard InChI is InChI=1S/C17H19N5O/c1-20-8-11(6-18)14-10-22(13-4-2-3-5-13)16-12(7-19)9-21-17(23)15(14)16/h6,8-10,13,18,20H,2-5H2,1H3,(H,21,23)/b11-8+,18-6?. The second-order valence-electron chi connectivity index (χ2n) is 5.79. The Labute approximate surface area is 133 Å². The Kier molecular flexibility index (Phi) is 4.02. The fraction of sp³-hybridized carbons (Fsp3) is 0.353. The largest absolute Gasteiger partial charge is 0.393 e. The normalized spacial score (nSPS) is 15.7. The molecule has 0 radical (unpaired) electrons. The summed E-state index contributed by atoms with van der Waals surface area (Å²) in [6.45, 7) is 0. The molecule has 2 aromatic heterocycles. The molecule has 118 valence electrons. The highest BCUT2D eigenvalue weighted by molar-refractivity contribution is 6.14. The molecule has 1 saturated carbocycles. The number of pyridine rings is 1. The van der Waals surface area contributed by atoms with Gasteiger partial charge in [-0.2, -0.15) is 5.26 Å². The van der Waals surface area contributed by atoms with Gasteiger partial charge in [-0.25, -0.2) is 0 Å². The highest BCUT2D eigenvalue weighted by atomic mass is 16.1. The van der Waals surface area contributed by atoms with Crippen molar-refractivity contribution >= 4 is 22.7 Å². The van der Waals surface area contributed by atoms with Crippen molar-refractivity contribution in [3.8, 4) is 6.07 Å². The lowest BCUT2D eigenvalue weighted by Gasteiger charge is -2.13. The molecule has 6 heteroatoms. The van der Waals surface area contributed by atoms with Crippen molar-refractivity contribution in [3.63, 3.8) is 0 Å². The Morgan fingerprint density at radius 1 is 1.52 bits per heavy atom. The van der Waals surface area contributed by atoms with Gasteiger partial charge in [-0.15, -0.1) is 0 Å². The molecule has 2 aromatic rings. The average Bonchev–Trinajstić information content (AvgIpc) is 3.21. The van der Waals surface area contributed by atoms with Crippen molar-refractivity contribution in [2.75, 3.05) is 7.05 Å². The smallest absolute Gasteiger partial charge is 0.258 e. The predicted octanol–water partition coefficient (Wildman–Crippen LogP) is 2.53. The number of nitrogens with zero attached hydrogens (tertiary/aromatic N) is 2. The van der Waals surface area contributed by atoms with E-state index in [2.05, 4.69) is 20.9 Å². The Morgan fingerprint density at radius 3 is 2.87 bits per heavy atom. The molecule has 0 amide bonds. The summed E-state index contributed by atoms with van der Waals surface area (Å²) >= 11 is 0. The van der Waals surface area contributed by atoms with Gasteiger partial charge in [0.05, 0.1) is 16.5 Å². The average molecular weight is 309 g/mol. The maximum atomic E-state index is 12.4. The van der Waals surface area contributed by atoms with Crippen LogP contribution in [0.25, 0.3) is 16.5 Å². The van der Waals surface area contributed by atoms with E-state index in [0.717, 1.165) is 25.7 Å². The van der Waals surface area contributed by atoms with Crippen LogP contribution in [-0.4, -0.2) is 22.8 Å². The monoisotopic (exact) mass is 309 g/mol. The Bertz CT molecular complexity index is 875. The number of aromatic amines is 1. The Hall–Kier alpha value is -2.81. The first-order valence-electron chi connectivity index (χ1n) is 7.75. The molecule has 0 unspecified atom stereocenters. The van der Waals surface area contributed by atoms with Gasteiger partial charge in [0.1, 0.15) is 6.07 Å². The topological polar surface area (TPSA) is 97.5 Å². The molecule has 1 aliphatic carbocycles. The van der Waals surface area contributed by atoms with Gasteiger partial charge in [-0.3, -0.25) is 4.79 Å². The van der Waals surface area contributed by atoms with E-state index in [9.17, 15) is 10.1 Å². The number of nitriles is 1. The van der Waals surface area contributed by atoms with Crippen molar-refractivity contribution < 1.29 is 0 Å². The molecule has 0 saturated heterocycles. The molecule has 1 aliphatic rings. The van der Waals surface area contributed by atoms with Crippen LogP contribution in [-0.2, 0) is 0 Å².